The van der Waals surface area contributed by atoms with Gasteiger partial charge >= 0.3 is 0 Å². The lowest BCUT2D eigenvalue weighted by atomic mass is 10.1. The predicted molar refractivity (Wildman–Crippen MR) is 88.7 cm³/mol. The molecule has 0 spiro atoms. The SMILES string of the molecule is COC(Oc1ccccc1)C1(C(C)=S)SCCN1C(C)=O. The highest BCUT2D eigenvalue weighted by Gasteiger charge is 2.53. The van der Waals surface area contributed by atoms with Gasteiger partial charge in [0.2, 0.25) is 12.2 Å². The van der Waals surface area contributed by atoms with E-state index in [2.05, 4.69) is 0 Å². The maximum atomic E-state index is 12.0. The number of hydrogen-bond acceptors (Lipinski definition) is 5. The van der Waals surface area contributed by atoms with Crippen molar-refractivity contribution in [3.05, 3.63) is 30.3 Å². The van der Waals surface area contributed by atoms with E-state index in [9.17, 15) is 4.79 Å². The summed E-state index contributed by atoms with van der Waals surface area (Å²) < 4.78 is 11.5. The van der Waals surface area contributed by atoms with Crippen LogP contribution in [0, 0.1) is 0 Å². The third-order valence-electron chi connectivity index (χ3n) is 3.44. The van der Waals surface area contributed by atoms with E-state index in [1.165, 1.54) is 0 Å². The molecule has 0 bridgehead atoms. The summed E-state index contributed by atoms with van der Waals surface area (Å²) in [6.07, 6.45) is -0.645. The second kappa shape index (κ2) is 6.77. The van der Waals surface area contributed by atoms with E-state index in [1.807, 2.05) is 37.3 Å². The molecule has 1 fully saturated rings. The Hall–Kier alpha value is -1.11. The van der Waals surface area contributed by atoms with Gasteiger partial charge in [0.15, 0.2) is 4.87 Å². The fourth-order valence-corrected chi connectivity index (χ4v) is 4.32. The second-order valence-electron chi connectivity index (χ2n) is 4.77. The van der Waals surface area contributed by atoms with Gasteiger partial charge < -0.3 is 14.4 Å². The Morgan fingerprint density at radius 3 is 2.57 bits per heavy atom. The van der Waals surface area contributed by atoms with E-state index in [0.717, 1.165) is 5.75 Å². The molecule has 1 aliphatic heterocycles. The number of carbonyl (C=O) groups is 1. The molecule has 0 N–H and O–H groups in total. The molecule has 1 aromatic rings. The largest absolute Gasteiger partial charge is 0.461 e. The fraction of sp³-hybridized carbons (Fsp3) is 0.467. The van der Waals surface area contributed by atoms with Crippen LogP contribution in [0.2, 0.25) is 0 Å². The first kappa shape index (κ1) is 16.3. The van der Waals surface area contributed by atoms with Gasteiger partial charge in [-0.2, -0.15) is 0 Å². The van der Waals surface area contributed by atoms with Crippen molar-refractivity contribution in [3.63, 3.8) is 0 Å². The van der Waals surface area contributed by atoms with Gasteiger partial charge in [0, 0.05) is 31.2 Å². The molecule has 1 saturated heterocycles. The van der Waals surface area contributed by atoms with Crippen LogP contribution in [0.3, 0.4) is 0 Å². The molecule has 1 aliphatic rings. The quantitative estimate of drug-likeness (QED) is 0.615. The zero-order valence-corrected chi connectivity index (χ0v) is 14.0. The molecule has 0 aromatic heterocycles. The van der Waals surface area contributed by atoms with Crippen molar-refractivity contribution in [1.29, 1.82) is 0 Å². The van der Waals surface area contributed by atoms with Gasteiger partial charge in [0.1, 0.15) is 5.75 Å². The number of thioether (sulfide) groups is 1. The molecule has 0 aliphatic carbocycles. The lowest BCUT2D eigenvalue weighted by molar-refractivity contribution is -0.141. The number of thiocarbonyl (C=S) groups is 1. The third-order valence-corrected chi connectivity index (χ3v) is 5.43. The van der Waals surface area contributed by atoms with E-state index in [0.29, 0.717) is 17.2 Å². The minimum atomic E-state index is -0.758. The van der Waals surface area contributed by atoms with Gasteiger partial charge in [-0.15, -0.1) is 11.8 Å². The topological polar surface area (TPSA) is 38.8 Å². The summed E-state index contributed by atoms with van der Waals surface area (Å²) in [5.74, 6) is 1.48. The number of amides is 1. The Balaban J connectivity index is 2.35. The molecule has 21 heavy (non-hydrogen) atoms. The number of para-hydroxylation sites is 1. The van der Waals surface area contributed by atoms with Gasteiger partial charge in [-0.05, 0) is 19.1 Å². The molecule has 4 nitrogen and oxygen atoms in total. The molecule has 0 saturated carbocycles. The fourth-order valence-electron chi connectivity index (χ4n) is 2.49. The van der Waals surface area contributed by atoms with E-state index >= 15 is 0 Å². The minimum Gasteiger partial charge on any atom is -0.461 e. The van der Waals surface area contributed by atoms with Crippen LogP contribution in [0.15, 0.2) is 30.3 Å². The zero-order valence-electron chi connectivity index (χ0n) is 12.4. The lowest BCUT2D eigenvalue weighted by Crippen LogP contribution is -2.59. The van der Waals surface area contributed by atoms with Crippen LogP contribution >= 0.6 is 24.0 Å². The molecule has 0 radical (unpaired) electrons. The molecule has 114 valence electrons. The normalized spacial score (nSPS) is 22.9. The molecule has 1 amide bonds. The van der Waals surface area contributed by atoms with Crippen LogP contribution in [0.1, 0.15) is 13.8 Å². The van der Waals surface area contributed by atoms with Gasteiger partial charge in [0.05, 0.1) is 0 Å². The van der Waals surface area contributed by atoms with Gasteiger partial charge in [-0.25, -0.2) is 0 Å². The summed E-state index contributed by atoms with van der Waals surface area (Å²) in [5, 5.41) is 0. The third kappa shape index (κ3) is 3.07. The van der Waals surface area contributed by atoms with Crippen molar-refractivity contribution in [2.24, 2.45) is 0 Å². The number of rotatable bonds is 5. The average Bonchev–Trinajstić information content (AvgIpc) is 2.92. The van der Waals surface area contributed by atoms with Crippen molar-refractivity contribution in [1.82, 2.24) is 4.90 Å². The van der Waals surface area contributed by atoms with Crippen molar-refractivity contribution >= 4 is 34.8 Å². The van der Waals surface area contributed by atoms with Crippen LogP contribution in [0.5, 0.6) is 5.75 Å². The number of benzene rings is 1. The molecule has 2 atom stereocenters. The van der Waals surface area contributed by atoms with Gasteiger partial charge in [-0.1, -0.05) is 30.4 Å². The standard InChI is InChI=1S/C15H19NO3S2/c1-11(20)15(16(12(2)17)9-10-21-15)14(18-3)19-13-7-5-4-6-8-13/h4-8,14H,9-10H2,1-3H3. The Kier molecular flexibility index (Phi) is 5.24. The smallest absolute Gasteiger partial charge is 0.237 e. The van der Waals surface area contributed by atoms with Crippen LogP contribution in [0.4, 0.5) is 0 Å². The molecule has 1 heterocycles. The van der Waals surface area contributed by atoms with Crippen molar-refractivity contribution in [2.45, 2.75) is 25.0 Å². The summed E-state index contributed by atoms with van der Waals surface area (Å²) in [6.45, 7) is 4.03. The second-order valence-corrected chi connectivity index (χ2v) is 6.70. The highest BCUT2D eigenvalue weighted by molar-refractivity contribution is 8.02. The molecule has 1 aromatic carbocycles. The number of hydrogen-bond donors (Lipinski definition) is 0. The summed E-state index contributed by atoms with van der Waals surface area (Å²) in [7, 11) is 1.57. The number of carbonyl (C=O) groups excluding carboxylic acids is 1. The van der Waals surface area contributed by atoms with E-state index in [4.69, 9.17) is 21.7 Å². The first-order chi connectivity index (χ1) is 10.0. The Morgan fingerprint density at radius 1 is 1.38 bits per heavy atom. The van der Waals surface area contributed by atoms with Gasteiger partial charge in [-0.3, -0.25) is 4.79 Å². The van der Waals surface area contributed by atoms with Crippen molar-refractivity contribution in [3.8, 4) is 5.75 Å². The highest BCUT2D eigenvalue weighted by Crippen LogP contribution is 2.42. The zero-order chi connectivity index (χ0) is 15.5. The molecular weight excluding hydrogens is 306 g/mol. The number of methoxy groups -OCH3 is 1. The molecular formula is C15H19NO3S2. The van der Waals surface area contributed by atoms with Crippen LogP contribution in [0.25, 0.3) is 0 Å². The summed E-state index contributed by atoms with van der Waals surface area (Å²) >= 11 is 7.05. The maximum Gasteiger partial charge on any atom is 0.237 e. The molecule has 6 heteroatoms. The van der Waals surface area contributed by atoms with Crippen LogP contribution < -0.4 is 4.74 Å². The minimum absolute atomic E-state index is 0.0251. The highest BCUT2D eigenvalue weighted by atomic mass is 32.2. The Morgan fingerprint density at radius 2 is 2.05 bits per heavy atom. The van der Waals surface area contributed by atoms with E-state index < -0.39 is 11.2 Å². The summed E-state index contributed by atoms with van der Waals surface area (Å²) in [5.41, 5.74) is 0. The van der Waals surface area contributed by atoms with Crippen LogP contribution in [-0.4, -0.2) is 46.2 Å². The van der Waals surface area contributed by atoms with E-state index in [1.54, 1.807) is 30.7 Å². The number of nitrogens with zero attached hydrogens (tertiary/aromatic N) is 1. The average molecular weight is 325 g/mol. The lowest BCUT2D eigenvalue weighted by Gasteiger charge is -2.41. The first-order valence-electron chi connectivity index (χ1n) is 6.70. The summed E-state index contributed by atoms with van der Waals surface area (Å²) in [4.78, 5) is 13.7. The predicted octanol–water partition coefficient (Wildman–Crippen LogP) is 2.72. The van der Waals surface area contributed by atoms with Crippen LogP contribution in [-0.2, 0) is 9.53 Å². The Bertz CT molecular complexity index is 523. The molecule has 2 rings (SSSR count). The monoisotopic (exact) mass is 325 g/mol. The summed E-state index contributed by atoms with van der Waals surface area (Å²) in [6, 6.07) is 9.42. The molecule has 2 unspecified atom stereocenters. The first-order valence-corrected chi connectivity index (χ1v) is 8.09. The van der Waals surface area contributed by atoms with E-state index in [-0.39, 0.29) is 5.91 Å². The van der Waals surface area contributed by atoms with Gasteiger partial charge in [0.25, 0.3) is 0 Å². The maximum absolute atomic E-state index is 12.0. The van der Waals surface area contributed by atoms with Crippen molar-refractivity contribution in [2.75, 3.05) is 19.4 Å². The number of ether oxygens (including phenoxy) is 2. The van der Waals surface area contributed by atoms with Crippen molar-refractivity contribution < 1.29 is 14.3 Å². The Labute approximate surface area is 134 Å².